The number of carbonyl (C=O) groups excluding carboxylic acids is 1. The molecule has 2 heterocycles. The largest absolute Gasteiger partial charge is 0.353 e. The first-order chi connectivity index (χ1) is 15.3. The van der Waals surface area contributed by atoms with E-state index in [0.717, 1.165) is 18.0 Å². The van der Waals surface area contributed by atoms with Crippen LogP contribution in [0.15, 0.2) is 71.6 Å². The van der Waals surface area contributed by atoms with Gasteiger partial charge in [-0.3, -0.25) is 9.52 Å². The summed E-state index contributed by atoms with van der Waals surface area (Å²) >= 11 is 5.96. The molecule has 166 valence electrons. The number of aromatic nitrogens is 1. The number of nitrogens with one attached hydrogen (secondary N) is 1. The minimum Gasteiger partial charge on any atom is -0.353 e. The summed E-state index contributed by atoms with van der Waals surface area (Å²) in [7, 11) is -3.93. The fourth-order valence-corrected chi connectivity index (χ4v) is 4.69. The van der Waals surface area contributed by atoms with Gasteiger partial charge in [0.15, 0.2) is 0 Å². The van der Waals surface area contributed by atoms with Gasteiger partial charge in [0.2, 0.25) is 0 Å². The lowest BCUT2D eigenvalue weighted by molar-refractivity contribution is 0.0746. The quantitative estimate of drug-likeness (QED) is 0.571. The molecule has 0 saturated carbocycles. The number of benzene rings is 2. The molecule has 0 atom stereocenters. The number of piperazine rings is 1. The second kappa shape index (κ2) is 9.13. The third-order valence-corrected chi connectivity index (χ3v) is 6.67. The zero-order valence-corrected chi connectivity index (χ0v) is 18.5. The van der Waals surface area contributed by atoms with Crippen LogP contribution in [0.2, 0.25) is 5.15 Å². The Morgan fingerprint density at radius 1 is 0.969 bits per heavy atom. The maximum absolute atomic E-state index is 13.1. The first-order valence-corrected chi connectivity index (χ1v) is 11.7. The fraction of sp³-hybridized carbons (Fsp3) is 0.182. The van der Waals surface area contributed by atoms with Crippen molar-refractivity contribution in [3.8, 4) is 0 Å². The van der Waals surface area contributed by atoms with Crippen molar-refractivity contribution in [2.75, 3.05) is 35.8 Å². The summed E-state index contributed by atoms with van der Waals surface area (Å²) in [6.07, 6.45) is 0. The van der Waals surface area contributed by atoms with E-state index in [-0.39, 0.29) is 22.1 Å². The molecule has 10 heteroatoms. The van der Waals surface area contributed by atoms with Crippen molar-refractivity contribution in [2.24, 2.45) is 0 Å². The highest BCUT2D eigenvalue weighted by molar-refractivity contribution is 7.92. The van der Waals surface area contributed by atoms with Crippen LogP contribution in [0.4, 0.5) is 15.9 Å². The number of hydrogen-bond acceptors (Lipinski definition) is 5. The minimum atomic E-state index is -3.93. The predicted molar refractivity (Wildman–Crippen MR) is 121 cm³/mol. The summed E-state index contributed by atoms with van der Waals surface area (Å²) in [5.41, 5.74) is 0.509. The number of hydrogen-bond donors (Lipinski definition) is 1. The van der Waals surface area contributed by atoms with Crippen LogP contribution >= 0.6 is 11.6 Å². The summed E-state index contributed by atoms with van der Waals surface area (Å²) in [5.74, 6) is 0.0406. The number of pyridine rings is 1. The fourth-order valence-electron chi connectivity index (χ4n) is 3.42. The molecule has 0 spiro atoms. The summed E-state index contributed by atoms with van der Waals surface area (Å²) in [6, 6.07) is 16.3. The Labute approximate surface area is 190 Å². The third kappa shape index (κ3) is 5.00. The van der Waals surface area contributed by atoms with Gasteiger partial charge in [0.05, 0.1) is 4.90 Å². The van der Waals surface area contributed by atoms with Gasteiger partial charge >= 0.3 is 0 Å². The van der Waals surface area contributed by atoms with E-state index in [4.69, 9.17) is 11.6 Å². The van der Waals surface area contributed by atoms with Crippen LogP contribution in [0.1, 0.15) is 10.4 Å². The van der Waals surface area contributed by atoms with E-state index in [9.17, 15) is 17.6 Å². The molecule has 1 aliphatic rings. The molecule has 0 bridgehead atoms. The smallest absolute Gasteiger partial charge is 0.261 e. The van der Waals surface area contributed by atoms with Crippen LogP contribution < -0.4 is 9.62 Å². The molecule has 3 aromatic rings. The highest BCUT2D eigenvalue weighted by atomic mass is 35.5. The van der Waals surface area contributed by atoms with Crippen molar-refractivity contribution in [1.82, 2.24) is 9.88 Å². The maximum Gasteiger partial charge on any atom is 0.261 e. The number of sulfonamides is 1. The van der Waals surface area contributed by atoms with E-state index in [1.807, 2.05) is 17.0 Å². The van der Waals surface area contributed by atoms with Crippen molar-refractivity contribution >= 4 is 39.0 Å². The van der Waals surface area contributed by atoms with Crippen LogP contribution in [-0.2, 0) is 10.0 Å². The van der Waals surface area contributed by atoms with E-state index in [1.165, 1.54) is 30.3 Å². The van der Waals surface area contributed by atoms with Gasteiger partial charge in [0, 0.05) is 37.4 Å². The van der Waals surface area contributed by atoms with Gasteiger partial charge in [0.1, 0.15) is 16.8 Å². The van der Waals surface area contributed by atoms with E-state index in [1.54, 1.807) is 17.0 Å². The van der Waals surface area contributed by atoms with Gasteiger partial charge in [-0.25, -0.2) is 17.8 Å². The lowest BCUT2D eigenvalue weighted by atomic mass is 10.2. The van der Waals surface area contributed by atoms with Gasteiger partial charge in [-0.05, 0) is 54.6 Å². The number of nitrogens with zero attached hydrogens (tertiary/aromatic N) is 3. The first kappa shape index (κ1) is 22.0. The zero-order valence-electron chi connectivity index (χ0n) is 16.9. The van der Waals surface area contributed by atoms with Gasteiger partial charge in [-0.1, -0.05) is 23.7 Å². The Morgan fingerprint density at radius 2 is 1.66 bits per heavy atom. The minimum absolute atomic E-state index is 0.0468. The van der Waals surface area contributed by atoms with Crippen molar-refractivity contribution in [3.05, 3.63) is 83.3 Å². The molecule has 1 aromatic heterocycles. The topological polar surface area (TPSA) is 82.6 Å². The maximum atomic E-state index is 13.1. The monoisotopic (exact) mass is 474 g/mol. The van der Waals surface area contributed by atoms with E-state index in [2.05, 4.69) is 9.71 Å². The van der Waals surface area contributed by atoms with E-state index in [0.29, 0.717) is 31.3 Å². The zero-order chi connectivity index (χ0) is 22.7. The number of rotatable bonds is 5. The van der Waals surface area contributed by atoms with Crippen LogP contribution in [0.5, 0.6) is 0 Å². The second-order valence-corrected chi connectivity index (χ2v) is 9.31. The van der Waals surface area contributed by atoms with Gasteiger partial charge in [-0.15, -0.1) is 0 Å². The molecule has 0 unspecified atom stereocenters. The van der Waals surface area contributed by atoms with Gasteiger partial charge in [-0.2, -0.15) is 0 Å². The lowest BCUT2D eigenvalue weighted by Gasteiger charge is -2.35. The Bertz CT molecular complexity index is 1230. The van der Waals surface area contributed by atoms with Crippen molar-refractivity contribution < 1.29 is 17.6 Å². The van der Waals surface area contributed by atoms with Crippen molar-refractivity contribution in [2.45, 2.75) is 4.90 Å². The highest BCUT2D eigenvalue weighted by Crippen LogP contribution is 2.20. The first-order valence-electron chi connectivity index (χ1n) is 9.87. The van der Waals surface area contributed by atoms with Gasteiger partial charge in [0.25, 0.3) is 15.9 Å². The summed E-state index contributed by atoms with van der Waals surface area (Å²) < 4.78 is 40.9. The van der Waals surface area contributed by atoms with Crippen LogP contribution in [-0.4, -0.2) is 50.4 Å². The molecular formula is C22H20ClFN4O3S. The second-order valence-electron chi connectivity index (χ2n) is 7.24. The normalized spacial score (nSPS) is 14.3. The van der Waals surface area contributed by atoms with Crippen molar-refractivity contribution in [1.29, 1.82) is 0 Å². The molecule has 4 rings (SSSR count). The average Bonchev–Trinajstić information content (AvgIpc) is 2.80. The lowest BCUT2D eigenvalue weighted by Crippen LogP contribution is -2.49. The Balaban J connectivity index is 1.45. The Hall–Kier alpha value is -3.17. The molecule has 1 N–H and O–H groups in total. The molecule has 2 aromatic carbocycles. The molecule has 0 aliphatic carbocycles. The number of anilines is 2. The molecule has 7 nitrogen and oxygen atoms in total. The van der Waals surface area contributed by atoms with Crippen LogP contribution in [0, 0.1) is 5.82 Å². The number of amides is 1. The van der Waals surface area contributed by atoms with Gasteiger partial charge < -0.3 is 9.80 Å². The molecule has 1 aliphatic heterocycles. The summed E-state index contributed by atoms with van der Waals surface area (Å²) in [5, 5.41) is 0.410. The van der Waals surface area contributed by atoms with E-state index < -0.39 is 15.8 Å². The summed E-state index contributed by atoms with van der Waals surface area (Å²) in [4.78, 5) is 21.0. The molecule has 1 fully saturated rings. The number of carbonyl (C=O) groups is 1. The molecule has 32 heavy (non-hydrogen) atoms. The molecular weight excluding hydrogens is 455 g/mol. The molecule has 1 saturated heterocycles. The predicted octanol–water partition coefficient (Wildman–Crippen LogP) is 3.64. The molecule has 0 radical (unpaired) electrons. The van der Waals surface area contributed by atoms with Crippen molar-refractivity contribution in [3.63, 3.8) is 0 Å². The van der Waals surface area contributed by atoms with E-state index >= 15 is 0 Å². The third-order valence-electron chi connectivity index (χ3n) is 5.08. The summed E-state index contributed by atoms with van der Waals surface area (Å²) in [6.45, 7) is 2.11. The SMILES string of the molecule is O=C(c1cccc(S(=O)(=O)Nc2ccc(F)cc2)c1)N1CCN(c2cccc(Cl)n2)CC1. The number of halogens is 2. The average molecular weight is 475 g/mol. The Morgan fingerprint density at radius 3 is 2.34 bits per heavy atom. The highest BCUT2D eigenvalue weighted by Gasteiger charge is 2.24. The van der Waals surface area contributed by atoms with Crippen LogP contribution in [0.3, 0.4) is 0 Å². The standard InChI is InChI=1S/C22H20ClFN4O3S/c23-20-5-2-6-21(25-20)27-11-13-28(14-12-27)22(29)16-3-1-4-19(15-16)32(30,31)26-18-9-7-17(24)8-10-18/h1-10,15,26H,11-14H2. The Kier molecular flexibility index (Phi) is 6.29. The molecule has 1 amide bonds. The van der Waals surface area contributed by atoms with Crippen LogP contribution in [0.25, 0.3) is 0 Å².